The molecule has 0 aliphatic carbocycles. The van der Waals surface area contributed by atoms with Gasteiger partial charge in [-0.1, -0.05) is 0 Å². The molecule has 6 rings (SSSR count). The Labute approximate surface area is 208 Å². The van der Waals surface area contributed by atoms with Gasteiger partial charge in [-0.05, 0) is 50.5 Å². The van der Waals surface area contributed by atoms with Crippen LogP contribution in [0.15, 0.2) is 42.9 Å². The number of anilines is 1. The standard InChI is InChI=1S/C26H30FN7O2/c1-18-17-35-15-13-33(18)23-16-20(21-7-11-32(31-21)12-8-27)19-5-9-28-26(25(19)30-23)22-6-10-29-34(22)24-4-2-3-14-36-24/h5-7,9-11,16,18,24H,2-4,8,12-15,17H2,1H3/t18-,24?/m1/s1. The zero-order chi connectivity index (χ0) is 24.5. The van der Waals surface area contributed by atoms with Crippen LogP contribution in [0.5, 0.6) is 0 Å². The van der Waals surface area contributed by atoms with Crippen molar-refractivity contribution in [2.24, 2.45) is 0 Å². The number of alkyl halides is 1. The van der Waals surface area contributed by atoms with E-state index in [1.54, 1.807) is 17.1 Å². The minimum Gasteiger partial charge on any atom is -0.377 e. The SMILES string of the molecule is C[C@@H]1COCCN1c1cc(-c2ccn(CCF)n2)c2ccnc(-c3ccnn3C3CCCCO3)c2n1. The van der Waals surface area contributed by atoms with Gasteiger partial charge in [0.25, 0.3) is 0 Å². The smallest absolute Gasteiger partial charge is 0.150 e. The maximum absolute atomic E-state index is 13.0. The summed E-state index contributed by atoms with van der Waals surface area (Å²) in [5.74, 6) is 0.850. The number of fused-ring (bicyclic) bond motifs is 1. The first-order valence-corrected chi connectivity index (χ1v) is 12.6. The first-order valence-electron chi connectivity index (χ1n) is 12.6. The van der Waals surface area contributed by atoms with Gasteiger partial charge in [0.15, 0.2) is 6.23 Å². The van der Waals surface area contributed by atoms with E-state index in [1.165, 1.54) is 0 Å². The van der Waals surface area contributed by atoms with Crippen LogP contribution in [0.25, 0.3) is 33.5 Å². The van der Waals surface area contributed by atoms with Crippen molar-refractivity contribution in [3.05, 3.63) is 42.9 Å². The molecule has 6 heterocycles. The van der Waals surface area contributed by atoms with E-state index in [2.05, 4.69) is 28.1 Å². The van der Waals surface area contributed by atoms with Gasteiger partial charge in [0.05, 0.1) is 37.2 Å². The summed E-state index contributed by atoms with van der Waals surface area (Å²) in [4.78, 5) is 12.2. The van der Waals surface area contributed by atoms with Crippen molar-refractivity contribution in [3.8, 4) is 22.6 Å². The van der Waals surface area contributed by atoms with E-state index in [0.29, 0.717) is 13.2 Å². The molecule has 0 aromatic carbocycles. The highest BCUT2D eigenvalue weighted by atomic mass is 19.1. The molecule has 0 bridgehead atoms. The zero-order valence-corrected chi connectivity index (χ0v) is 20.4. The Morgan fingerprint density at radius 3 is 2.92 bits per heavy atom. The molecule has 36 heavy (non-hydrogen) atoms. The monoisotopic (exact) mass is 491 g/mol. The van der Waals surface area contributed by atoms with Gasteiger partial charge in [-0.15, -0.1) is 0 Å². The average Bonchev–Trinajstić information content (AvgIpc) is 3.59. The normalized spacial score (nSPS) is 20.8. The zero-order valence-electron chi connectivity index (χ0n) is 20.4. The van der Waals surface area contributed by atoms with E-state index < -0.39 is 6.67 Å². The molecule has 4 aromatic rings. The highest BCUT2D eigenvalue weighted by Gasteiger charge is 2.25. The molecular formula is C26H30FN7O2. The number of pyridine rings is 2. The van der Waals surface area contributed by atoms with Gasteiger partial charge < -0.3 is 14.4 Å². The maximum Gasteiger partial charge on any atom is 0.150 e. The van der Waals surface area contributed by atoms with Crippen LogP contribution in [0.4, 0.5) is 10.2 Å². The number of hydrogen-bond donors (Lipinski definition) is 0. The third-order valence-electron chi connectivity index (χ3n) is 6.95. The Morgan fingerprint density at radius 2 is 2.08 bits per heavy atom. The van der Waals surface area contributed by atoms with Gasteiger partial charge in [-0.25, -0.2) is 14.1 Å². The molecule has 2 aliphatic heterocycles. The lowest BCUT2D eigenvalue weighted by Gasteiger charge is -2.34. The summed E-state index contributed by atoms with van der Waals surface area (Å²) >= 11 is 0. The summed E-state index contributed by atoms with van der Waals surface area (Å²) in [7, 11) is 0. The van der Waals surface area contributed by atoms with Crippen molar-refractivity contribution in [1.82, 2.24) is 29.5 Å². The maximum atomic E-state index is 13.0. The largest absolute Gasteiger partial charge is 0.377 e. The molecule has 9 nitrogen and oxygen atoms in total. The van der Waals surface area contributed by atoms with Crippen LogP contribution < -0.4 is 4.90 Å². The first kappa shape index (κ1) is 23.1. The number of hydrogen-bond acceptors (Lipinski definition) is 7. The quantitative estimate of drug-likeness (QED) is 0.399. The molecule has 2 fully saturated rings. The summed E-state index contributed by atoms with van der Waals surface area (Å²) in [6.45, 7) is 4.68. The molecule has 0 saturated carbocycles. The summed E-state index contributed by atoms with van der Waals surface area (Å²) in [5, 5.41) is 10.2. The van der Waals surface area contributed by atoms with E-state index in [9.17, 15) is 4.39 Å². The summed E-state index contributed by atoms with van der Waals surface area (Å²) in [5.41, 5.74) is 4.13. The number of nitrogens with zero attached hydrogens (tertiary/aromatic N) is 7. The average molecular weight is 492 g/mol. The van der Waals surface area contributed by atoms with Gasteiger partial charge in [-0.3, -0.25) is 9.67 Å². The Balaban J connectivity index is 1.53. The van der Waals surface area contributed by atoms with Crippen molar-refractivity contribution < 1.29 is 13.9 Å². The number of aromatic nitrogens is 6. The van der Waals surface area contributed by atoms with Crippen LogP contribution in [0.1, 0.15) is 32.4 Å². The highest BCUT2D eigenvalue weighted by Crippen LogP contribution is 2.36. The van der Waals surface area contributed by atoms with Crippen LogP contribution >= 0.6 is 0 Å². The second-order valence-electron chi connectivity index (χ2n) is 9.34. The fourth-order valence-corrected chi connectivity index (χ4v) is 5.12. The molecular weight excluding hydrogens is 461 g/mol. The number of rotatable bonds is 6. The number of aryl methyl sites for hydroxylation is 1. The molecule has 0 spiro atoms. The molecule has 4 aromatic heterocycles. The van der Waals surface area contributed by atoms with E-state index in [0.717, 1.165) is 71.8 Å². The third kappa shape index (κ3) is 4.24. The predicted molar refractivity (Wildman–Crippen MR) is 134 cm³/mol. The van der Waals surface area contributed by atoms with Gasteiger partial charge in [0.1, 0.15) is 23.7 Å². The minimum atomic E-state index is -0.462. The second kappa shape index (κ2) is 9.94. The lowest BCUT2D eigenvalue weighted by Crippen LogP contribution is -2.44. The van der Waals surface area contributed by atoms with E-state index in [1.807, 2.05) is 29.1 Å². The molecule has 0 amide bonds. The molecule has 1 unspecified atom stereocenters. The second-order valence-corrected chi connectivity index (χ2v) is 9.34. The minimum absolute atomic E-state index is 0.112. The number of halogens is 1. The number of ether oxygens (including phenoxy) is 2. The van der Waals surface area contributed by atoms with Gasteiger partial charge in [0.2, 0.25) is 0 Å². The van der Waals surface area contributed by atoms with Crippen molar-refractivity contribution in [2.45, 2.75) is 45.0 Å². The van der Waals surface area contributed by atoms with Crippen molar-refractivity contribution >= 4 is 16.7 Å². The molecule has 2 atom stereocenters. The Hall–Kier alpha value is -3.37. The van der Waals surface area contributed by atoms with E-state index >= 15 is 0 Å². The highest BCUT2D eigenvalue weighted by molar-refractivity contribution is 6.01. The van der Waals surface area contributed by atoms with E-state index in [-0.39, 0.29) is 18.8 Å². The fraction of sp³-hybridized carbons (Fsp3) is 0.462. The summed E-state index contributed by atoms with van der Waals surface area (Å²) < 4.78 is 28.3. The lowest BCUT2D eigenvalue weighted by molar-refractivity contribution is -0.0383. The molecule has 10 heteroatoms. The lowest BCUT2D eigenvalue weighted by atomic mass is 10.0. The third-order valence-corrected chi connectivity index (χ3v) is 6.95. The molecule has 2 saturated heterocycles. The van der Waals surface area contributed by atoms with Gasteiger partial charge in [-0.2, -0.15) is 10.2 Å². The van der Waals surface area contributed by atoms with Crippen molar-refractivity contribution in [2.75, 3.05) is 37.9 Å². The molecule has 0 N–H and O–H groups in total. The molecule has 0 radical (unpaired) electrons. The topological polar surface area (TPSA) is 83.1 Å². The number of morpholine rings is 1. The van der Waals surface area contributed by atoms with Gasteiger partial charge in [0, 0.05) is 42.7 Å². The Kier molecular flexibility index (Phi) is 6.37. The first-order chi connectivity index (χ1) is 17.7. The van der Waals surface area contributed by atoms with Crippen LogP contribution in [0, 0.1) is 0 Å². The summed E-state index contributed by atoms with van der Waals surface area (Å²) in [6.07, 6.45) is 8.39. The van der Waals surface area contributed by atoms with Crippen LogP contribution in [-0.2, 0) is 16.0 Å². The molecule has 188 valence electrons. The Bertz CT molecular complexity index is 1350. The van der Waals surface area contributed by atoms with Crippen LogP contribution in [0.3, 0.4) is 0 Å². The van der Waals surface area contributed by atoms with Crippen molar-refractivity contribution in [1.29, 1.82) is 0 Å². The predicted octanol–water partition coefficient (Wildman–Crippen LogP) is 4.25. The Morgan fingerprint density at radius 1 is 1.14 bits per heavy atom. The molecule has 2 aliphatic rings. The van der Waals surface area contributed by atoms with Crippen LogP contribution in [-0.4, -0.2) is 68.6 Å². The van der Waals surface area contributed by atoms with E-state index in [4.69, 9.17) is 19.4 Å². The van der Waals surface area contributed by atoms with Crippen LogP contribution in [0.2, 0.25) is 0 Å². The summed E-state index contributed by atoms with van der Waals surface area (Å²) in [6, 6.07) is 8.14. The van der Waals surface area contributed by atoms with Crippen molar-refractivity contribution in [3.63, 3.8) is 0 Å². The fourth-order valence-electron chi connectivity index (χ4n) is 5.12. The van der Waals surface area contributed by atoms with Gasteiger partial charge >= 0.3 is 0 Å².